The van der Waals surface area contributed by atoms with Crippen molar-refractivity contribution < 1.29 is 4.79 Å². The number of benzene rings is 1. The Hall–Kier alpha value is -2.07. The van der Waals surface area contributed by atoms with E-state index >= 15 is 0 Å². The van der Waals surface area contributed by atoms with Gasteiger partial charge >= 0.3 is 0 Å². The topological polar surface area (TPSA) is 54.0 Å². The van der Waals surface area contributed by atoms with E-state index in [1.54, 1.807) is 25.4 Å². The summed E-state index contributed by atoms with van der Waals surface area (Å²) in [4.78, 5) is 16.0. The summed E-state index contributed by atoms with van der Waals surface area (Å²) >= 11 is 6.02. The van der Waals surface area contributed by atoms with Gasteiger partial charge < -0.3 is 10.6 Å². The molecule has 0 radical (unpaired) electrons. The molecule has 4 nitrogen and oxygen atoms in total. The number of hydrogen-bond donors (Lipinski definition) is 2. The number of pyridine rings is 1. The van der Waals surface area contributed by atoms with Gasteiger partial charge in [0.25, 0.3) is 5.91 Å². The second-order valence-corrected chi connectivity index (χ2v) is 4.80. The molecule has 0 saturated carbocycles. The quantitative estimate of drug-likeness (QED) is 0.908. The predicted molar refractivity (Wildman–Crippen MR) is 81.1 cm³/mol. The largest absolute Gasteiger partial charge is 0.377 e. The summed E-state index contributed by atoms with van der Waals surface area (Å²) in [6, 6.07) is 11.1. The summed E-state index contributed by atoms with van der Waals surface area (Å²) in [5.41, 5.74) is 2.21. The molecule has 0 spiro atoms. The van der Waals surface area contributed by atoms with E-state index in [1.165, 1.54) is 0 Å². The van der Waals surface area contributed by atoms with E-state index in [1.807, 2.05) is 31.2 Å². The third-order valence-corrected chi connectivity index (χ3v) is 3.28. The molecule has 20 heavy (non-hydrogen) atoms. The molecule has 0 bridgehead atoms. The third-order valence-electron chi connectivity index (χ3n) is 2.95. The molecule has 104 valence electrons. The molecular formula is C15H16ClN3O. The minimum Gasteiger partial charge on any atom is -0.377 e. The predicted octanol–water partition coefficient (Wildman–Crippen LogP) is 3.27. The number of carbonyl (C=O) groups is 1. The summed E-state index contributed by atoms with van der Waals surface area (Å²) < 4.78 is 0. The molecule has 2 rings (SSSR count). The van der Waals surface area contributed by atoms with Crippen molar-refractivity contribution in [3.8, 4) is 0 Å². The van der Waals surface area contributed by atoms with Crippen molar-refractivity contribution in [3.63, 3.8) is 0 Å². The second-order valence-electron chi connectivity index (χ2n) is 4.39. The molecule has 0 aliphatic rings. The number of rotatable bonds is 4. The summed E-state index contributed by atoms with van der Waals surface area (Å²) in [6.45, 7) is 2.01. The Morgan fingerprint density at radius 1 is 1.30 bits per heavy atom. The number of nitrogens with zero attached hydrogens (tertiary/aromatic N) is 1. The first kappa shape index (κ1) is 14.3. The van der Waals surface area contributed by atoms with Gasteiger partial charge in [-0.2, -0.15) is 0 Å². The van der Waals surface area contributed by atoms with Gasteiger partial charge in [-0.3, -0.25) is 9.78 Å². The minimum absolute atomic E-state index is 0.0370. The lowest BCUT2D eigenvalue weighted by atomic mass is 10.1. The fourth-order valence-electron chi connectivity index (χ4n) is 1.88. The highest BCUT2D eigenvalue weighted by molar-refractivity contribution is 6.34. The van der Waals surface area contributed by atoms with E-state index in [4.69, 9.17) is 11.6 Å². The Morgan fingerprint density at radius 3 is 2.75 bits per heavy atom. The minimum atomic E-state index is -0.205. The van der Waals surface area contributed by atoms with Crippen LogP contribution in [0.5, 0.6) is 0 Å². The van der Waals surface area contributed by atoms with Gasteiger partial charge in [-0.05, 0) is 37.3 Å². The first-order chi connectivity index (χ1) is 9.61. The van der Waals surface area contributed by atoms with Gasteiger partial charge in [0.15, 0.2) is 0 Å². The molecule has 1 aromatic carbocycles. The smallest absolute Gasteiger partial charge is 0.252 e. The number of nitrogens with one attached hydrogen (secondary N) is 2. The number of carbonyl (C=O) groups excluding carboxylic acids is 1. The Morgan fingerprint density at radius 2 is 2.10 bits per heavy atom. The molecular weight excluding hydrogens is 274 g/mol. The van der Waals surface area contributed by atoms with E-state index < -0.39 is 0 Å². The lowest BCUT2D eigenvalue weighted by Gasteiger charge is -2.15. The Labute approximate surface area is 123 Å². The van der Waals surface area contributed by atoms with Crippen LogP contribution in [0.1, 0.15) is 29.0 Å². The number of aromatic nitrogens is 1. The van der Waals surface area contributed by atoms with Crippen LogP contribution in [0.25, 0.3) is 0 Å². The first-order valence-electron chi connectivity index (χ1n) is 6.31. The van der Waals surface area contributed by atoms with Gasteiger partial charge in [0, 0.05) is 18.9 Å². The zero-order valence-corrected chi connectivity index (χ0v) is 12.1. The normalized spacial score (nSPS) is 11.8. The summed E-state index contributed by atoms with van der Waals surface area (Å²) in [5, 5.41) is 6.31. The van der Waals surface area contributed by atoms with Gasteiger partial charge in [-0.25, -0.2) is 0 Å². The molecule has 0 fully saturated rings. The highest BCUT2D eigenvalue weighted by atomic mass is 35.5. The Kier molecular flexibility index (Phi) is 4.58. The summed E-state index contributed by atoms with van der Waals surface area (Å²) in [7, 11) is 1.58. The van der Waals surface area contributed by atoms with Gasteiger partial charge in [0.1, 0.15) is 0 Å². The highest BCUT2D eigenvalue weighted by Crippen LogP contribution is 2.23. The molecule has 1 atom stereocenters. The zero-order valence-electron chi connectivity index (χ0n) is 11.4. The Bertz CT molecular complexity index is 601. The number of hydrogen-bond acceptors (Lipinski definition) is 3. The molecule has 1 unspecified atom stereocenters. The third kappa shape index (κ3) is 3.27. The molecule has 1 heterocycles. The van der Waals surface area contributed by atoms with E-state index in [0.717, 1.165) is 11.4 Å². The summed E-state index contributed by atoms with van der Waals surface area (Å²) in [6.07, 6.45) is 1.76. The average Bonchev–Trinajstić information content (AvgIpc) is 2.49. The van der Waals surface area contributed by atoms with Gasteiger partial charge in [-0.15, -0.1) is 0 Å². The number of anilines is 1. The molecule has 1 amide bonds. The van der Waals surface area contributed by atoms with Crippen molar-refractivity contribution in [2.75, 3.05) is 12.4 Å². The van der Waals surface area contributed by atoms with Crippen molar-refractivity contribution in [1.82, 2.24) is 10.3 Å². The standard InChI is InChI=1S/C15H16ClN3O/c1-10(14-5-3-4-8-18-14)19-11-6-7-13(16)12(9-11)15(20)17-2/h3-10,19H,1-2H3,(H,17,20). The highest BCUT2D eigenvalue weighted by Gasteiger charge is 2.11. The first-order valence-corrected chi connectivity index (χ1v) is 6.68. The van der Waals surface area contributed by atoms with Gasteiger partial charge in [0.05, 0.1) is 22.3 Å². The number of amides is 1. The van der Waals surface area contributed by atoms with Gasteiger partial charge in [-0.1, -0.05) is 17.7 Å². The average molecular weight is 290 g/mol. The van der Waals surface area contributed by atoms with Crippen LogP contribution in [0.15, 0.2) is 42.6 Å². The van der Waals surface area contributed by atoms with Crippen molar-refractivity contribution >= 4 is 23.2 Å². The Balaban J connectivity index is 2.20. The van der Waals surface area contributed by atoms with Crippen molar-refractivity contribution in [2.45, 2.75) is 13.0 Å². The van der Waals surface area contributed by atoms with Crippen LogP contribution in [-0.2, 0) is 0 Å². The maximum Gasteiger partial charge on any atom is 0.252 e. The maximum absolute atomic E-state index is 11.7. The van der Waals surface area contributed by atoms with Crippen LogP contribution in [0.3, 0.4) is 0 Å². The van der Waals surface area contributed by atoms with Gasteiger partial charge in [0.2, 0.25) is 0 Å². The van der Waals surface area contributed by atoms with Crippen LogP contribution in [0.4, 0.5) is 5.69 Å². The second kappa shape index (κ2) is 6.39. The van der Waals surface area contributed by atoms with Crippen LogP contribution in [0.2, 0.25) is 5.02 Å². The fraction of sp³-hybridized carbons (Fsp3) is 0.200. The van der Waals surface area contributed by atoms with E-state index in [9.17, 15) is 4.79 Å². The fourth-order valence-corrected chi connectivity index (χ4v) is 2.08. The van der Waals surface area contributed by atoms with Crippen LogP contribution in [0, 0.1) is 0 Å². The lowest BCUT2D eigenvalue weighted by molar-refractivity contribution is 0.0963. The van der Waals surface area contributed by atoms with Crippen molar-refractivity contribution in [3.05, 3.63) is 58.9 Å². The SMILES string of the molecule is CNC(=O)c1cc(NC(C)c2ccccn2)ccc1Cl. The molecule has 2 N–H and O–H groups in total. The van der Waals surface area contributed by atoms with Crippen molar-refractivity contribution in [1.29, 1.82) is 0 Å². The molecule has 0 saturated heterocycles. The van der Waals surface area contributed by atoms with Crippen LogP contribution >= 0.6 is 11.6 Å². The van der Waals surface area contributed by atoms with Crippen LogP contribution < -0.4 is 10.6 Å². The van der Waals surface area contributed by atoms with Crippen LogP contribution in [-0.4, -0.2) is 17.9 Å². The zero-order chi connectivity index (χ0) is 14.5. The maximum atomic E-state index is 11.7. The molecule has 0 aliphatic carbocycles. The van der Waals surface area contributed by atoms with E-state index in [2.05, 4.69) is 15.6 Å². The number of halogens is 1. The molecule has 2 aromatic rings. The molecule has 0 aliphatic heterocycles. The summed E-state index contributed by atoms with van der Waals surface area (Å²) in [5.74, 6) is -0.205. The molecule has 1 aromatic heterocycles. The van der Waals surface area contributed by atoms with Crippen molar-refractivity contribution in [2.24, 2.45) is 0 Å². The van der Waals surface area contributed by atoms with E-state index in [0.29, 0.717) is 10.6 Å². The molecule has 5 heteroatoms. The monoisotopic (exact) mass is 289 g/mol. The lowest BCUT2D eigenvalue weighted by Crippen LogP contribution is -2.18. The van der Waals surface area contributed by atoms with E-state index in [-0.39, 0.29) is 11.9 Å².